The molecule has 1 aliphatic carbocycles. The Balaban J connectivity index is 1.53. The van der Waals surface area contributed by atoms with E-state index in [1.165, 1.54) is 23.3 Å². The number of rotatable bonds is 11. The van der Waals surface area contributed by atoms with Crippen molar-refractivity contribution in [3.63, 3.8) is 0 Å². The second-order valence-electron chi connectivity index (χ2n) is 9.34. The van der Waals surface area contributed by atoms with Crippen LogP contribution in [0.15, 0.2) is 42.5 Å². The Morgan fingerprint density at radius 3 is 2.53 bits per heavy atom. The molecule has 5 nitrogen and oxygen atoms in total. The first-order valence-electron chi connectivity index (χ1n) is 11.6. The molecule has 0 saturated carbocycles. The minimum Gasteiger partial charge on any atom is -0.487 e. The van der Waals surface area contributed by atoms with Crippen LogP contribution in [0, 0.1) is 17.6 Å². The molecule has 34 heavy (non-hydrogen) atoms. The largest absolute Gasteiger partial charge is 0.487 e. The van der Waals surface area contributed by atoms with Crippen molar-refractivity contribution in [3.05, 3.63) is 70.8 Å². The number of β-amino-alcohol motifs (C(OH)–C–C–N with tert-alkyl or cyclic N) is 1. The summed E-state index contributed by atoms with van der Waals surface area (Å²) in [5, 5.41) is 13.8. The molecule has 0 radical (unpaired) electrons. The average molecular weight is 474 g/mol. The molecular weight excluding hydrogens is 440 g/mol. The van der Waals surface area contributed by atoms with E-state index in [9.17, 15) is 18.7 Å². The summed E-state index contributed by atoms with van der Waals surface area (Å²) in [4.78, 5) is 11.5. The number of ether oxygens (including phenoxy) is 2. The smallest absolute Gasteiger partial charge is 0.330 e. The quantitative estimate of drug-likeness (QED) is 0.373. The number of halogens is 2. The molecule has 0 unspecified atom stereocenters. The van der Waals surface area contributed by atoms with Crippen LogP contribution in [0.2, 0.25) is 0 Å². The van der Waals surface area contributed by atoms with Gasteiger partial charge in [-0.2, -0.15) is 4.39 Å². The first kappa shape index (κ1) is 25.8. The third-order valence-corrected chi connectivity index (χ3v) is 5.94. The van der Waals surface area contributed by atoms with Crippen molar-refractivity contribution in [1.29, 1.82) is 0 Å². The van der Waals surface area contributed by atoms with Gasteiger partial charge < -0.3 is 19.9 Å². The van der Waals surface area contributed by atoms with Crippen LogP contribution in [0.25, 0.3) is 6.08 Å². The summed E-state index contributed by atoms with van der Waals surface area (Å²) in [6.45, 7) is 6.05. The van der Waals surface area contributed by atoms with E-state index in [4.69, 9.17) is 9.47 Å². The van der Waals surface area contributed by atoms with Gasteiger partial charge in [0.1, 0.15) is 12.7 Å². The summed E-state index contributed by atoms with van der Waals surface area (Å²) in [5.41, 5.74) is 2.77. The van der Waals surface area contributed by atoms with Gasteiger partial charge in [0.2, 0.25) is 5.82 Å². The predicted octanol–water partition coefficient (Wildman–Crippen LogP) is 4.45. The Bertz CT molecular complexity index is 997. The number of nitrogens with one attached hydrogen (secondary N) is 1. The first-order chi connectivity index (χ1) is 16.2. The van der Waals surface area contributed by atoms with Crippen molar-refractivity contribution in [2.45, 2.75) is 51.7 Å². The van der Waals surface area contributed by atoms with Crippen LogP contribution in [0.5, 0.6) is 5.75 Å². The third-order valence-electron chi connectivity index (χ3n) is 5.94. The van der Waals surface area contributed by atoms with E-state index < -0.39 is 23.7 Å². The lowest BCUT2D eigenvalue weighted by molar-refractivity contribution is -0.137. The highest BCUT2D eigenvalue weighted by Gasteiger charge is 2.28. The van der Waals surface area contributed by atoms with E-state index >= 15 is 0 Å². The summed E-state index contributed by atoms with van der Waals surface area (Å²) in [6.07, 6.45) is 4.51. The minimum atomic E-state index is -1.17. The van der Waals surface area contributed by atoms with Gasteiger partial charge in [0, 0.05) is 23.7 Å². The monoisotopic (exact) mass is 473 g/mol. The number of fused-ring (bicyclic) bond motifs is 1. The highest BCUT2D eigenvalue weighted by Crippen LogP contribution is 2.32. The molecule has 0 fully saturated rings. The molecule has 0 saturated heterocycles. The molecule has 0 heterocycles. The van der Waals surface area contributed by atoms with Crippen molar-refractivity contribution in [3.8, 4) is 5.75 Å². The summed E-state index contributed by atoms with van der Waals surface area (Å²) >= 11 is 0. The van der Waals surface area contributed by atoms with E-state index in [0.29, 0.717) is 5.92 Å². The van der Waals surface area contributed by atoms with E-state index in [-0.39, 0.29) is 36.6 Å². The predicted molar refractivity (Wildman–Crippen MR) is 128 cm³/mol. The Kier molecular flexibility index (Phi) is 8.80. The maximum atomic E-state index is 14.4. The van der Waals surface area contributed by atoms with E-state index in [2.05, 4.69) is 43.4 Å². The van der Waals surface area contributed by atoms with Crippen LogP contribution >= 0.6 is 0 Å². The lowest BCUT2D eigenvalue weighted by atomic mass is 9.88. The number of carbonyl (C=O) groups excluding carboxylic acids is 1. The van der Waals surface area contributed by atoms with Gasteiger partial charge in [-0.3, -0.25) is 0 Å². The average Bonchev–Trinajstić information content (AvgIpc) is 3.19. The van der Waals surface area contributed by atoms with Crippen molar-refractivity contribution >= 4 is 12.0 Å². The topological polar surface area (TPSA) is 67.8 Å². The van der Waals surface area contributed by atoms with Gasteiger partial charge in [-0.15, -0.1) is 0 Å². The number of benzene rings is 2. The Labute approximate surface area is 199 Å². The second kappa shape index (κ2) is 11.6. The van der Waals surface area contributed by atoms with Gasteiger partial charge in [0.05, 0.1) is 6.61 Å². The first-order valence-corrected chi connectivity index (χ1v) is 11.6. The Hall–Kier alpha value is -2.77. The fourth-order valence-electron chi connectivity index (χ4n) is 4.39. The van der Waals surface area contributed by atoms with Crippen molar-refractivity contribution < 1.29 is 28.2 Å². The number of hydrogen-bond acceptors (Lipinski definition) is 5. The van der Waals surface area contributed by atoms with Crippen LogP contribution in [-0.2, 0) is 22.4 Å². The molecule has 0 amide bonds. The molecule has 2 aromatic carbocycles. The highest BCUT2D eigenvalue weighted by molar-refractivity contribution is 5.87. The highest BCUT2D eigenvalue weighted by atomic mass is 19.2. The van der Waals surface area contributed by atoms with Gasteiger partial charge in [-0.1, -0.05) is 24.3 Å². The molecule has 2 N–H and O–H groups in total. The van der Waals surface area contributed by atoms with E-state index in [1.807, 2.05) is 0 Å². The summed E-state index contributed by atoms with van der Waals surface area (Å²) in [5.74, 6) is -2.68. The van der Waals surface area contributed by atoms with Crippen molar-refractivity contribution in [2.24, 2.45) is 5.92 Å². The van der Waals surface area contributed by atoms with Crippen LogP contribution in [0.3, 0.4) is 0 Å². The zero-order valence-corrected chi connectivity index (χ0v) is 19.9. The van der Waals surface area contributed by atoms with Crippen LogP contribution in [0.1, 0.15) is 43.9 Å². The molecule has 184 valence electrons. The van der Waals surface area contributed by atoms with Crippen molar-refractivity contribution in [1.82, 2.24) is 5.32 Å². The molecule has 1 atom stereocenters. The molecule has 0 aromatic heterocycles. The summed E-state index contributed by atoms with van der Waals surface area (Å²) < 4.78 is 38.3. The molecule has 1 aliphatic rings. The zero-order chi connectivity index (χ0) is 24.7. The SMILES string of the molecule is CCOC(=O)/C=C/c1ccc(F)c(F)c1OC[C@H](O)CNC(C)(C)CC1Cc2ccccc2C1. The summed E-state index contributed by atoms with van der Waals surface area (Å²) in [6, 6.07) is 10.8. The number of esters is 1. The van der Waals surface area contributed by atoms with Crippen LogP contribution < -0.4 is 10.1 Å². The maximum Gasteiger partial charge on any atom is 0.330 e. The van der Waals surface area contributed by atoms with Gasteiger partial charge in [0.25, 0.3) is 0 Å². The van der Waals surface area contributed by atoms with Crippen LogP contribution in [-0.4, -0.2) is 42.5 Å². The molecule has 2 aromatic rings. The molecule has 0 bridgehead atoms. The third kappa shape index (κ3) is 7.11. The van der Waals surface area contributed by atoms with E-state index in [0.717, 1.165) is 31.4 Å². The van der Waals surface area contributed by atoms with Gasteiger partial charge in [0.15, 0.2) is 11.6 Å². The van der Waals surface area contributed by atoms with Crippen LogP contribution in [0.4, 0.5) is 8.78 Å². The molecule has 7 heteroatoms. The van der Waals surface area contributed by atoms with Gasteiger partial charge >= 0.3 is 5.97 Å². The van der Waals surface area contributed by atoms with Gasteiger partial charge in [-0.25, -0.2) is 9.18 Å². The Morgan fingerprint density at radius 2 is 1.88 bits per heavy atom. The molecule has 0 spiro atoms. The minimum absolute atomic E-state index is 0.174. The maximum absolute atomic E-state index is 14.4. The fraction of sp³-hybridized carbons (Fsp3) is 0.444. The number of carbonyl (C=O) groups is 1. The second-order valence-corrected chi connectivity index (χ2v) is 9.34. The van der Waals surface area contributed by atoms with Crippen molar-refractivity contribution in [2.75, 3.05) is 19.8 Å². The fourth-order valence-corrected chi connectivity index (χ4v) is 4.39. The normalized spacial score (nSPS) is 14.9. The standard InChI is InChI=1S/C27H33F2NO4/c1-4-33-24(32)12-10-19-9-11-23(28)25(29)26(19)34-17-22(31)16-30-27(2,3)15-18-13-20-7-5-6-8-21(20)14-18/h5-12,18,22,30-31H,4,13-17H2,1-3H3/b12-10+/t22-/m1/s1. The van der Waals surface area contributed by atoms with Gasteiger partial charge in [-0.05, 0) is 75.3 Å². The Morgan fingerprint density at radius 1 is 1.21 bits per heavy atom. The van der Waals surface area contributed by atoms with E-state index in [1.54, 1.807) is 6.92 Å². The molecule has 0 aliphatic heterocycles. The lowest BCUT2D eigenvalue weighted by Gasteiger charge is -2.30. The number of aliphatic hydroxyl groups excluding tert-OH is 1. The number of aliphatic hydroxyl groups is 1. The molecular formula is C27H33F2NO4. The molecule has 3 rings (SSSR count). The summed E-state index contributed by atoms with van der Waals surface area (Å²) in [7, 11) is 0. The lowest BCUT2D eigenvalue weighted by Crippen LogP contribution is -2.46. The zero-order valence-electron chi connectivity index (χ0n) is 19.9. The number of hydrogen-bond donors (Lipinski definition) is 2.